The van der Waals surface area contributed by atoms with Crippen molar-refractivity contribution in [3.63, 3.8) is 0 Å². The average Bonchev–Trinajstić information content (AvgIpc) is 2.56. The minimum Gasteiger partial charge on any atom is -0.493 e. The SMILES string of the molecule is COc1cc2nccc(Oc3ccc(Br)nc3)c2cc1OC. The van der Waals surface area contributed by atoms with E-state index in [4.69, 9.17) is 14.2 Å². The molecular formula is C16H13BrN2O3. The molecule has 3 rings (SSSR count). The van der Waals surface area contributed by atoms with Crippen LogP contribution in [-0.2, 0) is 0 Å². The second-order valence-electron chi connectivity index (χ2n) is 4.45. The fourth-order valence-electron chi connectivity index (χ4n) is 2.09. The molecular weight excluding hydrogens is 348 g/mol. The molecule has 0 N–H and O–H groups in total. The van der Waals surface area contributed by atoms with Gasteiger partial charge in [0.25, 0.3) is 0 Å². The number of methoxy groups -OCH3 is 2. The predicted molar refractivity (Wildman–Crippen MR) is 86.9 cm³/mol. The van der Waals surface area contributed by atoms with Gasteiger partial charge < -0.3 is 14.2 Å². The van der Waals surface area contributed by atoms with Crippen LogP contribution in [0.5, 0.6) is 23.0 Å². The van der Waals surface area contributed by atoms with E-state index in [1.54, 1.807) is 32.7 Å². The maximum absolute atomic E-state index is 5.90. The zero-order valence-corrected chi connectivity index (χ0v) is 13.6. The molecule has 0 aliphatic heterocycles. The van der Waals surface area contributed by atoms with Gasteiger partial charge in [0.2, 0.25) is 0 Å². The van der Waals surface area contributed by atoms with Gasteiger partial charge in [-0.15, -0.1) is 0 Å². The van der Waals surface area contributed by atoms with E-state index in [2.05, 4.69) is 25.9 Å². The quantitative estimate of drug-likeness (QED) is 0.652. The number of hydrogen-bond donors (Lipinski definition) is 0. The fourth-order valence-corrected chi connectivity index (χ4v) is 2.32. The van der Waals surface area contributed by atoms with Gasteiger partial charge in [0, 0.05) is 17.6 Å². The van der Waals surface area contributed by atoms with Gasteiger partial charge in [-0.05, 0) is 40.2 Å². The molecule has 0 saturated heterocycles. The third kappa shape index (κ3) is 2.82. The molecule has 0 spiro atoms. The Hall–Kier alpha value is -2.34. The van der Waals surface area contributed by atoms with Crippen LogP contribution in [0.25, 0.3) is 10.9 Å². The lowest BCUT2D eigenvalue weighted by Gasteiger charge is -2.12. The maximum atomic E-state index is 5.90. The van der Waals surface area contributed by atoms with Gasteiger partial charge in [-0.25, -0.2) is 4.98 Å². The Bertz CT molecular complexity index is 806. The molecule has 1 aromatic carbocycles. The standard InChI is InChI=1S/C16H13BrN2O3/c1-20-14-7-11-12(8-15(14)21-2)18-6-5-13(11)22-10-3-4-16(17)19-9-10/h3-9H,1-2H3. The molecule has 0 amide bonds. The van der Waals surface area contributed by atoms with Crippen LogP contribution in [0.3, 0.4) is 0 Å². The van der Waals surface area contributed by atoms with Crippen molar-refractivity contribution in [2.45, 2.75) is 0 Å². The van der Waals surface area contributed by atoms with Gasteiger partial charge >= 0.3 is 0 Å². The summed E-state index contributed by atoms with van der Waals surface area (Å²) in [5.74, 6) is 2.58. The van der Waals surface area contributed by atoms with Crippen LogP contribution in [-0.4, -0.2) is 24.2 Å². The zero-order chi connectivity index (χ0) is 15.5. The lowest BCUT2D eigenvalue weighted by molar-refractivity contribution is 0.355. The number of nitrogens with zero attached hydrogens (tertiary/aromatic N) is 2. The highest BCUT2D eigenvalue weighted by Gasteiger charge is 2.11. The second-order valence-corrected chi connectivity index (χ2v) is 5.26. The average molecular weight is 361 g/mol. The van der Waals surface area contributed by atoms with E-state index in [1.165, 1.54) is 0 Å². The maximum Gasteiger partial charge on any atom is 0.162 e. The van der Waals surface area contributed by atoms with Crippen molar-refractivity contribution >= 4 is 26.8 Å². The van der Waals surface area contributed by atoms with Gasteiger partial charge in [0.05, 0.1) is 25.9 Å². The van der Waals surface area contributed by atoms with Crippen LogP contribution in [0.15, 0.2) is 47.3 Å². The summed E-state index contributed by atoms with van der Waals surface area (Å²) in [7, 11) is 3.19. The van der Waals surface area contributed by atoms with E-state index < -0.39 is 0 Å². The first kappa shape index (κ1) is 14.6. The van der Waals surface area contributed by atoms with Gasteiger partial charge in [-0.3, -0.25) is 4.98 Å². The summed E-state index contributed by atoms with van der Waals surface area (Å²) in [5.41, 5.74) is 0.764. The van der Waals surface area contributed by atoms with Gasteiger partial charge in [0.15, 0.2) is 11.5 Å². The number of rotatable bonds is 4. The highest BCUT2D eigenvalue weighted by atomic mass is 79.9. The fraction of sp³-hybridized carbons (Fsp3) is 0.125. The first-order valence-electron chi connectivity index (χ1n) is 6.51. The number of benzene rings is 1. The monoisotopic (exact) mass is 360 g/mol. The Balaban J connectivity index is 2.07. The van der Waals surface area contributed by atoms with Crippen LogP contribution in [0.2, 0.25) is 0 Å². The summed E-state index contributed by atoms with van der Waals surface area (Å²) in [5, 5.41) is 0.836. The predicted octanol–water partition coefficient (Wildman–Crippen LogP) is 4.20. The van der Waals surface area contributed by atoms with Crippen molar-refractivity contribution in [2.24, 2.45) is 0 Å². The van der Waals surface area contributed by atoms with Crippen molar-refractivity contribution in [1.29, 1.82) is 0 Å². The first-order chi connectivity index (χ1) is 10.7. The molecule has 0 bridgehead atoms. The van der Waals surface area contributed by atoms with Crippen LogP contribution in [0.4, 0.5) is 0 Å². The van der Waals surface area contributed by atoms with Crippen molar-refractivity contribution < 1.29 is 14.2 Å². The minimum atomic E-state index is 0.627. The van der Waals surface area contributed by atoms with Gasteiger partial charge in [-0.1, -0.05) is 0 Å². The first-order valence-corrected chi connectivity index (χ1v) is 7.30. The smallest absolute Gasteiger partial charge is 0.162 e. The number of halogens is 1. The third-order valence-electron chi connectivity index (χ3n) is 3.13. The molecule has 0 aliphatic rings. The van der Waals surface area contributed by atoms with Crippen LogP contribution < -0.4 is 14.2 Å². The largest absolute Gasteiger partial charge is 0.493 e. The second kappa shape index (κ2) is 6.19. The van der Waals surface area contributed by atoms with Crippen LogP contribution in [0.1, 0.15) is 0 Å². The number of pyridine rings is 2. The Morgan fingerprint density at radius 2 is 1.68 bits per heavy atom. The van der Waals surface area contributed by atoms with E-state index in [-0.39, 0.29) is 0 Å². The normalized spacial score (nSPS) is 10.5. The Morgan fingerprint density at radius 3 is 2.36 bits per heavy atom. The van der Waals surface area contributed by atoms with E-state index in [0.717, 1.165) is 15.5 Å². The number of fused-ring (bicyclic) bond motifs is 1. The highest BCUT2D eigenvalue weighted by Crippen LogP contribution is 2.36. The number of ether oxygens (including phenoxy) is 3. The molecule has 22 heavy (non-hydrogen) atoms. The van der Waals surface area contributed by atoms with Crippen molar-refractivity contribution in [3.05, 3.63) is 47.3 Å². The Labute approximate surface area is 136 Å². The molecule has 6 heteroatoms. The Morgan fingerprint density at radius 1 is 0.909 bits per heavy atom. The summed E-state index contributed by atoms with van der Waals surface area (Å²) in [4.78, 5) is 8.49. The van der Waals surface area contributed by atoms with Crippen LogP contribution >= 0.6 is 15.9 Å². The molecule has 0 unspecified atom stereocenters. The van der Waals surface area contributed by atoms with Gasteiger partial charge in [-0.2, -0.15) is 0 Å². The molecule has 3 aromatic rings. The summed E-state index contributed by atoms with van der Waals surface area (Å²) in [6, 6.07) is 9.13. The molecule has 2 aromatic heterocycles. The van der Waals surface area contributed by atoms with Gasteiger partial charge in [0.1, 0.15) is 16.1 Å². The third-order valence-corrected chi connectivity index (χ3v) is 3.60. The summed E-state index contributed by atoms with van der Waals surface area (Å²) >= 11 is 3.30. The zero-order valence-electron chi connectivity index (χ0n) is 12.0. The van der Waals surface area contributed by atoms with E-state index in [1.807, 2.05) is 24.3 Å². The lowest BCUT2D eigenvalue weighted by Crippen LogP contribution is -1.93. The topological polar surface area (TPSA) is 53.5 Å². The summed E-state index contributed by atoms with van der Waals surface area (Å²) in [6.07, 6.45) is 3.34. The summed E-state index contributed by atoms with van der Waals surface area (Å²) in [6.45, 7) is 0. The molecule has 0 saturated carbocycles. The number of aromatic nitrogens is 2. The molecule has 2 heterocycles. The Kier molecular flexibility index (Phi) is 4.11. The molecule has 0 atom stereocenters. The number of hydrogen-bond acceptors (Lipinski definition) is 5. The van der Waals surface area contributed by atoms with Crippen molar-refractivity contribution in [2.75, 3.05) is 14.2 Å². The lowest BCUT2D eigenvalue weighted by atomic mass is 10.2. The summed E-state index contributed by atoms with van der Waals surface area (Å²) < 4.78 is 17.3. The minimum absolute atomic E-state index is 0.627. The van der Waals surface area contributed by atoms with Crippen LogP contribution in [0, 0.1) is 0 Å². The van der Waals surface area contributed by atoms with E-state index >= 15 is 0 Å². The molecule has 0 fully saturated rings. The highest BCUT2D eigenvalue weighted by molar-refractivity contribution is 9.10. The van der Waals surface area contributed by atoms with E-state index in [9.17, 15) is 0 Å². The molecule has 0 aliphatic carbocycles. The molecule has 0 radical (unpaired) electrons. The van der Waals surface area contributed by atoms with Crippen molar-refractivity contribution in [1.82, 2.24) is 9.97 Å². The molecule has 5 nitrogen and oxygen atoms in total. The van der Waals surface area contributed by atoms with Crippen molar-refractivity contribution in [3.8, 4) is 23.0 Å². The van der Waals surface area contributed by atoms with E-state index in [0.29, 0.717) is 23.0 Å². The molecule has 112 valence electrons.